The molecule has 1 aromatic rings. The minimum absolute atomic E-state index is 0.0141. The summed E-state index contributed by atoms with van der Waals surface area (Å²) in [5.41, 5.74) is 5.72. The highest BCUT2D eigenvalue weighted by molar-refractivity contribution is 8.00. The third kappa shape index (κ3) is 2.77. The van der Waals surface area contributed by atoms with E-state index in [2.05, 4.69) is 9.97 Å². The Hall–Kier alpha value is -1.63. The molecule has 2 rings (SSSR count). The van der Waals surface area contributed by atoms with Crippen molar-refractivity contribution in [3.05, 3.63) is 12.4 Å². The summed E-state index contributed by atoms with van der Waals surface area (Å²) in [5.74, 6) is 0.0427. The largest absolute Gasteiger partial charge is 0.381 e. The Labute approximate surface area is 122 Å². The van der Waals surface area contributed by atoms with E-state index in [0.717, 1.165) is 12.8 Å². The molecule has 0 bridgehead atoms. The molecule has 20 heavy (non-hydrogen) atoms. The van der Waals surface area contributed by atoms with Gasteiger partial charge in [-0.05, 0) is 12.8 Å². The van der Waals surface area contributed by atoms with Crippen molar-refractivity contribution in [2.45, 2.75) is 49.4 Å². The molecule has 1 saturated heterocycles. The number of rotatable bonds is 5. The van der Waals surface area contributed by atoms with E-state index in [4.69, 9.17) is 5.73 Å². The van der Waals surface area contributed by atoms with Crippen LogP contribution in [0.2, 0.25) is 0 Å². The van der Waals surface area contributed by atoms with Crippen molar-refractivity contribution in [3.63, 3.8) is 0 Å². The fraction of sp³-hybridized carbons (Fsp3) is 0.538. The average molecular weight is 294 g/mol. The van der Waals surface area contributed by atoms with Crippen LogP contribution >= 0.6 is 11.8 Å². The number of nitrogen functional groups attached to an aromatic ring is 1. The Balaban J connectivity index is 2.14. The first-order chi connectivity index (χ1) is 9.58. The lowest BCUT2D eigenvalue weighted by Gasteiger charge is -2.24. The van der Waals surface area contributed by atoms with Crippen LogP contribution in [0.5, 0.6) is 0 Å². The van der Waals surface area contributed by atoms with Gasteiger partial charge in [-0.2, -0.15) is 0 Å². The highest BCUT2D eigenvalue weighted by Crippen LogP contribution is 2.33. The predicted octanol–water partition coefficient (Wildman–Crippen LogP) is 1.47. The van der Waals surface area contributed by atoms with E-state index in [-0.39, 0.29) is 24.3 Å². The van der Waals surface area contributed by atoms with Gasteiger partial charge < -0.3 is 5.73 Å². The van der Waals surface area contributed by atoms with Crippen molar-refractivity contribution < 1.29 is 9.59 Å². The molecule has 1 aromatic heterocycles. The molecule has 6 nitrogen and oxygen atoms in total. The number of thioether (sulfide) groups is 1. The number of carbonyl (C=O) groups is 2. The molecule has 108 valence electrons. The molecule has 2 amide bonds. The third-order valence-electron chi connectivity index (χ3n) is 3.39. The second-order valence-electron chi connectivity index (χ2n) is 4.63. The van der Waals surface area contributed by atoms with Crippen molar-refractivity contribution in [1.29, 1.82) is 0 Å². The van der Waals surface area contributed by atoms with Gasteiger partial charge in [-0.25, -0.2) is 9.97 Å². The van der Waals surface area contributed by atoms with Crippen molar-refractivity contribution >= 4 is 29.4 Å². The lowest BCUT2D eigenvalue weighted by molar-refractivity contribution is -0.141. The fourth-order valence-corrected chi connectivity index (χ4v) is 3.32. The number of anilines is 1. The second-order valence-corrected chi connectivity index (χ2v) is 5.82. The molecule has 1 aliphatic rings. The Kier molecular flexibility index (Phi) is 4.59. The summed E-state index contributed by atoms with van der Waals surface area (Å²) >= 11 is 1.22. The van der Waals surface area contributed by atoms with Gasteiger partial charge in [0.1, 0.15) is 5.03 Å². The minimum Gasteiger partial charge on any atom is -0.381 e. The first-order valence-electron chi connectivity index (χ1n) is 6.67. The smallest absolute Gasteiger partial charge is 0.243 e. The Morgan fingerprint density at radius 1 is 1.35 bits per heavy atom. The quantitative estimate of drug-likeness (QED) is 0.827. The standard InChI is InChI=1S/C13H18N4O2S/c1-3-8(4-2)17-10(18)7-9(13(17)19)20-12-11(14)15-5-6-16-12/h5-6,8-9H,3-4,7H2,1-2H3,(H2,14,15). The van der Waals surface area contributed by atoms with Gasteiger partial charge in [-0.3, -0.25) is 14.5 Å². The molecule has 7 heteroatoms. The van der Waals surface area contributed by atoms with Crippen LogP contribution in [0.25, 0.3) is 0 Å². The normalized spacial score (nSPS) is 19.1. The SMILES string of the molecule is CCC(CC)N1C(=O)CC(Sc2nccnc2N)C1=O. The number of nitrogens with zero attached hydrogens (tertiary/aromatic N) is 3. The summed E-state index contributed by atoms with van der Waals surface area (Å²) in [5, 5.41) is 0.0622. The molecule has 1 fully saturated rings. The molecule has 1 aliphatic heterocycles. The maximum Gasteiger partial charge on any atom is 0.243 e. The van der Waals surface area contributed by atoms with E-state index in [1.165, 1.54) is 29.1 Å². The number of aromatic nitrogens is 2. The lowest BCUT2D eigenvalue weighted by Crippen LogP contribution is -2.40. The zero-order chi connectivity index (χ0) is 14.7. The van der Waals surface area contributed by atoms with Gasteiger partial charge in [-0.1, -0.05) is 25.6 Å². The number of likely N-dealkylation sites (tertiary alicyclic amines) is 1. The van der Waals surface area contributed by atoms with Crippen LogP contribution in [0.3, 0.4) is 0 Å². The number of imide groups is 1. The van der Waals surface area contributed by atoms with Crippen LogP contribution in [0.4, 0.5) is 5.82 Å². The summed E-state index contributed by atoms with van der Waals surface area (Å²) in [6.45, 7) is 3.96. The van der Waals surface area contributed by atoms with E-state index >= 15 is 0 Å². The van der Waals surface area contributed by atoms with Crippen molar-refractivity contribution in [2.75, 3.05) is 5.73 Å². The Bertz CT molecular complexity index is 519. The van der Waals surface area contributed by atoms with E-state index in [9.17, 15) is 9.59 Å². The molecular formula is C13H18N4O2S. The van der Waals surface area contributed by atoms with Crippen LogP contribution in [0.1, 0.15) is 33.1 Å². The summed E-state index contributed by atoms with van der Waals surface area (Å²) in [4.78, 5) is 33.9. The van der Waals surface area contributed by atoms with Gasteiger partial charge in [0.2, 0.25) is 11.8 Å². The van der Waals surface area contributed by atoms with Gasteiger partial charge in [0.05, 0.1) is 5.25 Å². The van der Waals surface area contributed by atoms with Crippen LogP contribution in [-0.4, -0.2) is 38.0 Å². The van der Waals surface area contributed by atoms with Gasteiger partial charge in [-0.15, -0.1) is 0 Å². The topological polar surface area (TPSA) is 89.2 Å². The zero-order valence-corrected chi connectivity index (χ0v) is 12.4. The van der Waals surface area contributed by atoms with E-state index in [1.54, 1.807) is 0 Å². The van der Waals surface area contributed by atoms with Crippen LogP contribution in [-0.2, 0) is 9.59 Å². The number of hydrogen-bond acceptors (Lipinski definition) is 6. The molecule has 0 spiro atoms. The monoisotopic (exact) mass is 294 g/mol. The summed E-state index contributed by atoms with van der Waals surface area (Å²) in [7, 11) is 0. The number of amides is 2. The number of nitrogens with two attached hydrogens (primary N) is 1. The van der Waals surface area contributed by atoms with Gasteiger partial charge in [0.15, 0.2) is 5.82 Å². The van der Waals surface area contributed by atoms with Gasteiger partial charge in [0, 0.05) is 24.9 Å². The maximum atomic E-state index is 12.4. The van der Waals surface area contributed by atoms with Crippen molar-refractivity contribution in [1.82, 2.24) is 14.9 Å². The molecule has 0 aliphatic carbocycles. The van der Waals surface area contributed by atoms with E-state index < -0.39 is 5.25 Å². The summed E-state index contributed by atoms with van der Waals surface area (Å²) < 4.78 is 0. The molecular weight excluding hydrogens is 276 g/mol. The highest BCUT2D eigenvalue weighted by Gasteiger charge is 2.42. The van der Waals surface area contributed by atoms with Gasteiger partial charge in [0.25, 0.3) is 0 Å². The van der Waals surface area contributed by atoms with Crippen molar-refractivity contribution in [2.24, 2.45) is 0 Å². The van der Waals surface area contributed by atoms with Crippen LogP contribution in [0.15, 0.2) is 17.4 Å². The highest BCUT2D eigenvalue weighted by atomic mass is 32.2. The Morgan fingerprint density at radius 3 is 2.60 bits per heavy atom. The zero-order valence-electron chi connectivity index (χ0n) is 11.6. The molecule has 0 aromatic carbocycles. The minimum atomic E-state index is -0.443. The van der Waals surface area contributed by atoms with Gasteiger partial charge >= 0.3 is 0 Å². The molecule has 1 unspecified atom stereocenters. The predicted molar refractivity (Wildman–Crippen MR) is 76.9 cm³/mol. The lowest BCUT2D eigenvalue weighted by atomic mass is 10.1. The van der Waals surface area contributed by atoms with Crippen LogP contribution < -0.4 is 5.73 Å². The maximum absolute atomic E-state index is 12.4. The number of hydrogen-bond donors (Lipinski definition) is 1. The first-order valence-corrected chi connectivity index (χ1v) is 7.55. The van der Waals surface area contributed by atoms with E-state index in [0.29, 0.717) is 10.8 Å². The molecule has 1 atom stereocenters. The Morgan fingerprint density at radius 2 is 2.00 bits per heavy atom. The van der Waals surface area contributed by atoms with Crippen LogP contribution in [0, 0.1) is 0 Å². The summed E-state index contributed by atoms with van der Waals surface area (Å²) in [6.07, 6.45) is 4.78. The molecule has 0 radical (unpaired) electrons. The fourth-order valence-electron chi connectivity index (χ4n) is 2.31. The second kappa shape index (κ2) is 6.21. The average Bonchev–Trinajstić information content (AvgIpc) is 2.71. The molecule has 0 saturated carbocycles. The molecule has 2 heterocycles. The first kappa shape index (κ1) is 14.8. The number of carbonyl (C=O) groups excluding carboxylic acids is 2. The van der Waals surface area contributed by atoms with E-state index in [1.807, 2.05) is 13.8 Å². The summed E-state index contributed by atoms with van der Waals surface area (Å²) in [6, 6.07) is -0.0141. The molecule has 2 N–H and O–H groups in total. The van der Waals surface area contributed by atoms with Crippen molar-refractivity contribution in [3.8, 4) is 0 Å². The third-order valence-corrected chi connectivity index (χ3v) is 4.58.